The number of carbonyl (C=O) groups is 2. The maximum Gasteiger partial charge on any atom is 0.261 e. The van der Waals surface area contributed by atoms with E-state index in [1.54, 1.807) is 37.3 Å². The van der Waals surface area contributed by atoms with Crippen molar-refractivity contribution in [3.8, 4) is 11.5 Å². The van der Waals surface area contributed by atoms with Gasteiger partial charge in [-0.25, -0.2) is 0 Å². The third kappa shape index (κ3) is 6.95. The number of hydrogen-bond donors (Lipinski definition) is 1. The number of nitrogens with one attached hydrogen (secondary N) is 1. The fourth-order valence-corrected chi connectivity index (χ4v) is 2.93. The van der Waals surface area contributed by atoms with Crippen LogP contribution in [0.3, 0.4) is 0 Å². The Hall–Kier alpha value is -2.73. The highest BCUT2D eigenvalue weighted by Crippen LogP contribution is 2.26. The van der Waals surface area contributed by atoms with Gasteiger partial charge in [-0.15, -0.1) is 0 Å². The van der Waals surface area contributed by atoms with Crippen molar-refractivity contribution in [1.82, 2.24) is 10.2 Å². The maximum absolute atomic E-state index is 13.1. The molecule has 7 heteroatoms. The van der Waals surface area contributed by atoms with E-state index >= 15 is 0 Å². The quantitative estimate of drug-likeness (QED) is 0.683. The predicted octanol–water partition coefficient (Wildman–Crippen LogP) is 4.06. The first-order valence-electron chi connectivity index (χ1n) is 9.72. The number of amides is 2. The zero-order chi connectivity index (χ0) is 22.3. The van der Waals surface area contributed by atoms with Crippen molar-refractivity contribution >= 4 is 23.4 Å². The molecule has 2 aromatic carbocycles. The Balaban J connectivity index is 2.19. The molecule has 1 atom stereocenters. The molecule has 0 unspecified atom stereocenters. The molecule has 0 aliphatic carbocycles. The van der Waals surface area contributed by atoms with E-state index in [0.717, 1.165) is 5.56 Å². The van der Waals surface area contributed by atoms with Crippen LogP contribution >= 0.6 is 11.6 Å². The Bertz CT molecular complexity index is 862. The van der Waals surface area contributed by atoms with Crippen molar-refractivity contribution in [2.24, 2.45) is 0 Å². The van der Waals surface area contributed by atoms with E-state index in [0.29, 0.717) is 16.5 Å². The number of carbonyl (C=O) groups excluding carboxylic acids is 2. The van der Waals surface area contributed by atoms with Crippen LogP contribution in [0, 0.1) is 0 Å². The van der Waals surface area contributed by atoms with Crippen LogP contribution in [0.1, 0.15) is 33.3 Å². The fraction of sp³-hybridized carbons (Fsp3) is 0.391. The molecule has 1 N–H and O–H groups in total. The summed E-state index contributed by atoms with van der Waals surface area (Å²) in [5.41, 5.74) is 0.453. The lowest BCUT2D eigenvalue weighted by Gasteiger charge is -2.31. The lowest BCUT2D eigenvalue weighted by Crippen LogP contribution is -2.53. The number of nitrogens with zero attached hydrogens (tertiary/aromatic N) is 1. The highest BCUT2D eigenvalue weighted by atomic mass is 35.5. The van der Waals surface area contributed by atoms with E-state index in [9.17, 15) is 9.59 Å². The largest absolute Gasteiger partial charge is 0.493 e. The second-order valence-corrected chi connectivity index (χ2v) is 8.44. The number of rotatable bonds is 8. The minimum atomic E-state index is -0.686. The van der Waals surface area contributed by atoms with Gasteiger partial charge in [0.2, 0.25) is 5.91 Å². The van der Waals surface area contributed by atoms with Crippen molar-refractivity contribution in [2.75, 3.05) is 13.7 Å². The normalized spacial score (nSPS) is 12.1. The van der Waals surface area contributed by atoms with Gasteiger partial charge >= 0.3 is 0 Å². The highest BCUT2D eigenvalue weighted by Gasteiger charge is 2.28. The van der Waals surface area contributed by atoms with E-state index in [1.807, 2.05) is 39.0 Å². The van der Waals surface area contributed by atoms with Crippen molar-refractivity contribution in [3.63, 3.8) is 0 Å². The molecule has 0 bridgehead atoms. The standard InChI is InChI=1S/C23H29ClN2O4/c1-16(22(28)25-23(2,3)4)26(14-17-10-12-18(24)13-11-17)21(27)15-30-20-9-7-6-8-19(20)29-5/h6-13,16H,14-15H2,1-5H3,(H,25,28)/t16-/m0/s1. The van der Waals surface area contributed by atoms with Gasteiger partial charge in [0.25, 0.3) is 5.91 Å². The number of benzene rings is 2. The van der Waals surface area contributed by atoms with Crippen LogP contribution in [0.5, 0.6) is 11.5 Å². The lowest BCUT2D eigenvalue weighted by molar-refractivity contribution is -0.142. The summed E-state index contributed by atoms with van der Waals surface area (Å²) >= 11 is 5.97. The first-order valence-corrected chi connectivity index (χ1v) is 10.1. The second-order valence-electron chi connectivity index (χ2n) is 8.00. The molecule has 162 valence electrons. The number of hydrogen-bond acceptors (Lipinski definition) is 4. The smallest absolute Gasteiger partial charge is 0.261 e. The molecule has 30 heavy (non-hydrogen) atoms. The Labute approximate surface area is 183 Å². The molecule has 2 rings (SSSR count). The minimum absolute atomic E-state index is 0.221. The Morgan fingerprint density at radius 1 is 1.07 bits per heavy atom. The van der Waals surface area contributed by atoms with Crippen molar-refractivity contribution < 1.29 is 19.1 Å². The van der Waals surface area contributed by atoms with E-state index in [2.05, 4.69) is 5.32 Å². The maximum atomic E-state index is 13.1. The summed E-state index contributed by atoms with van der Waals surface area (Å²) in [6.07, 6.45) is 0. The topological polar surface area (TPSA) is 67.9 Å². The second kappa shape index (κ2) is 10.3. The molecule has 0 aliphatic rings. The van der Waals surface area contributed by atoms with Gasteiger partial charge < -0.3 is 19.7 Å². The van der Waals surface area contributed by atoms with Crippen LogP contribution in [0.25, 0.3) is 0 Å². The molecule has 0 saturated carbocycles. The van der Waals surface area contributed by atoms with Crippen LogP contribution in [-0.4, -0.2) is 42.0 Å². The monoisotopic (exact) mass is 432 g/mol. The number of ether oxygens (including phenoxy) is 2. The van der Waals surface area contributed by atoms with E-state index in [4.69, 9.17) is 21.1 Å². The molecule has 0 spiro atoms. The van der Waals surface area contributed by atoms with Gasteiger partial charge in [0.1, 0.15) is 6.04 Å². The summed E-state index contributed by atoms with van der Waals surface area (Å²) in [4.78, 5) is 27.3. The Morgan fingerprint density at radius 2 is 1.67 bits per heavy atom. The van der Waals surface area contributed by atoms with E-state index in [-0.39, 0.29) is 25.0 Å². The predicted molar refractivity (Wildman–Crippen MR) is 118 cm³/mol. The zero-order valence-electron chi connectivity index (χ0n) is 18.1. The Kier molecular flexibility index (Phi) is 8.12. The van der Waals surface area contributed by atoms with Gasteiger partial charge in [-0.05, 0) is 57.5 Å². The summed E-state index contributed by atoms with van der Waals surface area (Å²) in [7, 11) is 1.54. The lowest BCUT2D eigenvalue weighted by atomic mass is 10.1. The molecule has 0 aliphatic heterocycles. The molecule has 0 saturated heterocycles. The van der Waals surface area contributed by atoms with E-state index in [1.165, 1.54) is 12.0 Å². The van der Waals surface area contributed by atoms with Gasteiger partial charge in [-0.2, -0.15) is 0 Å². The summed E-state index contributed by atoms with van der Waals surface area (Å²) in [6.45, 7) is 7.43. The number of para-hydroxylation sites is 2. The van der Waals surface area contributed by atoms with Gasteiger partial charge in [0.15, 0.2) is 18.1 Å². The third-order valence-electron chi connectivity index (χ3n) is 4.35. The van der Waals surface area contributed by atoms with Crippen LogP contribution in [-0.2, 0) is 16.1 Å². The van der Waals surface area contributed by atoms with Gasteiger partial charge in [-0.1, -0.05) is 35.9 Å². The van der Waals surface area contributed by atoms with Crippen molar-refractivity contribution in [3.05, 3.63) is 59.1 Å². The van der Waals surface area contributed by atoms with Crippen molar-refractivity contribution in [2.45, 2.75) is 45.8 Å². The van der Waals surface area contributed by atoms with Crippen LogP contribution < -0.4 is 14.8 Å². The van der Waals surface area contributed by atoms with Gasteiger partial charge in [0.05, 0.1) is 7.11 Å². The number of halogens is 1. The number of methoxy groups -OCH3 is 1. The zero-order valence-corrected chi connectivity index (χ0v) is 18.8. The molecule has 0 fully saturated rings. The van der Waals surface area contributed by atoms with Gasteiger partial charge in [-0.3, -0.25) is 9.59 Å². The minimum Gasteiger partial charge on any atom is -0.493 e. The molecule has 0 heterocycles. The summed E-state index contributed by atoms with van der Waals surface area (Å²) in [6, 6.07) is 13.6. The molecular weight excluding hydrogens is 404 g/mol. The van der Waals surface area contributed by atoms with Crippen LogP contribution in [0.15, 0.2) is 48.5 Å². The summed E-state index contributed by atoms with van der Waals surface area (Å²) < 4.78 is 10.9. The molecule has 0 aromatic heterocycles. The summed E-state index contributed by atoms with van der Waals surface area (Å²) in [5, 5.41) is 3.53. The van der Waals surface area contributed by atoms with Crippen LogP contribution in [0.2, 0.25) is 5.02 Å². The fourth-order valence-electron chi connectivity index (χ4n) is 2.80. The highest BCUT2D eigenvalue weighted by molar-refractivity contribution is 6.30. The Morgan fingerprint density at radius 3 is 2.23 bits per heavy atom. The first kappa shape index (κ1) is 23.5. The third-order valence-corrected chi connectivity index (χ3v) is 4.60. The average molecular weight is 433 g/mol. The molecule has 2 amide bonds. The molecule has 6 nitrogen and oxygen atoms in total. The van der Waals surface area contributed by atoms with E-state index < -0.39 is 11.6 Å². The summed E-state index contributed by atoms with van der Waals surface area (Å²) in [5.74, 6) is 0.453. The first-order chi connectivity index (χ1) is 14.1. The van der Waals surface area contributed by atoms with Gasteiger partial charge in [0, 0.05) is 17.1 Å². The molecule has 2 aromatic rings. The SMILES string of the molecule is COc1ccccc1OCC(=O)N(Cc1ccc(Cl)cc1)[C@@H](C)C(=O)NC(C)(C)C. The molecule has 0 radical (unpaired) electrons. The van der Waals surface area contributed by atoms with Crippen LogP contribution in [0.4, 0.5) is 0 Å². The average Bonchev–Trinajstić information content (AvgIpc) is 2.70. The van der Waals surface area contributed by atoms with Crippen molar-refractivity contribution in [1.29, 1.82) is 0 Å². The molecular formula is C23H29ClN2O4.